The van der Waals surface area contributed by atoms with Crippen molar-refractivity contribution < 1.29 is 14.0 Å². The molecule has 0 spiro atoms. The molecule has 1 aliphatic rings. The van der Waals surface area contributed by atoms with E-state index in [0.29, 0.717) is 23.8 Å². The number of benzene rings is 1. The Hall–Kier alpha value is -2.02. The molecule has 1 aromatic carbocycles. The largest absolute Gasteiger partial charge is 0.431 e. The van der Waals surface area contributed by atoms with Crippen LogP contribution in [0.2, 0.25) is 0 Å². The number of primary amides is 1. The molecule has 2 N–H and O–H groups in total. The Morgan fingerprint density at radius 3 is 2.95 bits per heavy atom. The van der Waals surface area contributed by atoms with Crippen molar-refractivity contribution in [3.8, 4) is 0 Å². The van der Waals surface area contributed by atoms with E-state index in [2.05, 4.69) is 4.98 Å². The van der Waals surface area contributed by atoms with Gasteiger partial charge in [-0.05, 0) is 31.4 Å². The molecule has 6 nitrogen and oxygen atoms in total. The molecule has 1 fully saturated rings. The third-order valence-electron chi connectivity index (χ3n) is 3.74. The topological polar surface area (TPSA) is 89.4 Å². The van der Waals surface area contributed by atoms with Gasteiger partial charge in [-0.2, -0.15) is 0 Å². The van der Waals surface area contributed by atoms with Gasteiger partial charge in [-0.3, -0.25) is 9.59 Å². The Kier molecular flexibility index (Phi) is 4.33. The van der Waals surface area contributed by atoms with Crippen LogP contribution in [0.25, 0.3) is 11.1 Å². The number of likely N-dealkylation sites (tertiary alicyclic amines) is 1. The molecule has 1 aromatic heterocycles. The van der Waals surface area contributed by atoms with Crippen LogP contribution in [-0.2, 0) is 9.59 Å². The zero-order valence-electron chi connectivity index (χ0n) is 12.0. The van der Waals surface area contributed by atoms with Crippen molar-refractivity contribution in [2.45, 2.75) is 30.5 Å². The average Bonchev–Trinajstić information content (AvgIpc) is 2.95. The molecule has 2 amide bonds. The van der Waals surface area contributed by atoms with Crippen LogP contribution >= 0.6 is 11.8 Å². The van der Waals surface area contributed by atoms with Gasteiger partial charge < -0.3 is 15.1 Å². The van der Waals surface area contributed by atoms with E-state index in [1.807, 2.05) is 24.3 Å². The molecule has 1 saturated heterocycles. The van der Waals surface area contributed by atoms with E-state index in [1.54, 1.807) is 4.90 Å². The summed E-state index contributed by atoms with van der Waals surface area (Å²) in [6, 6.07) is 6.97. The van der Waals surface area contributed by atoms with Gasteiger partial charge in [-0.15, -0.1) is 0 Å². The number of hydrogen-bond acceptors (Lipinski definition) is 5. The fraction of sp³-hybridized carbons (Fsp3) is 0.400. The monoisotopic (exact) mass is 319 g/mol. The maximum absolute atomic E-state index is 12.3. The van der Waals surface area contributed by atoms with Crippen LogP contribution in [0.15, 0.2) is 33.9 Å². The molecule has 22 heavy (non-hydrogen) atoms. The van der Waals surface area contributed by atoms with E-state index in [9.17, 15) is 9.59 Å². The van der Waals surface area contributed by atoms with Crippen molar-refractivity contribution in [3.63, 3.8) is 0 Å². The van der Waals surface area contributed by atoms with E-state index in [4.69, 9.17) is 10.2 Å². The number of piperidine rings is 1. The van der Waals surface area contributed by atoms with Gasteiger partial charge >= 0.3 is 0 Å². The lowest BCUT2D eigenvalue weighted by atomic mass is 10.0. The lowest BCUT2D eigenvalue weighted by Crippen LogP contribution is -2.51. The SMILES string of the molecule is NC(=O)[C@H]1CCCCN1C(=O)CSc1nc2ccccc2o1. The second kappa shape index (κ2) is 6.39. The number of carbonyl (C=O) groups is 2. The number of thioether (sulfide) groups is 1. The standard InChI is InChI=1S/C15H17N3O3S/c16-14(20)11-6-3-4-8-18(11)13(19)9-22-15-17-10-5-1-2-7-12(10)21-15/h1-2,5,7,11H,3-4,6,8-9H2,(H2,16,20)/t11-/m1/s1. The molecule has 7 heteroatoms. The molecule has 2 heterocycles. The number of aromatic nitrogens is 1. The highest BCUT2D eigenvalue weighted by molar-refractivity contribution is 7.99. The highest BCUT2D eigenvalue weighted by Crippen LogP contribution is 2.24. The van der Waals surface area contributed by atoms with Gasteiger partial charge in [0, 0.05) is 6.54 Å². The summed E-state index contributed by atoms with van der Waals surface area (Å²) >= 11 is 1.24. The predicted molar refractivity (Wildman–Crippen MR) is 83.3 cm³/mol. The molecule has 0 aliphatic carbocycles. The lowest BCUT2D eigenvalue weighted by Gasteiger charge is -2.33. The van der Waals surface area contributed by atoms with E-state index in [-0.39, 0.29) is 11.7 Å². The third kappa shape index (κ3) is 3.09. The zero-order chi connectivity index (χ0) is 15.5. The van der Waals surface area contributed by atoms with Gasteiger partial charge in [0.15, 0.2) is 5.58 Å². The van der Waals surface area contributed by atoms with Crippen LogP contribution in [0.5, 0.6) is 0 Å². The molecule has 0 radical (unpaired) electrons. The molecule has 0 saturated carbocycles. The summed E-state index contributed by atoms with van der Waals surface area (Å²) < 4.78 is 5.57. The van der Waals surface area contributed by atoms with Crippen molar-refractivity contribution in [2.75, 3.05) is 12.3 Å². The van der Waals surface area contributed by atoms with Gasteiger partial charge in [-0.25, -0.2) is 4.98 Å². The number of carbonyl (C=O) groups excluding carboxylic acids is 2. The molecule has 3 rings (SSSR count). The Balaban J connectivity index is 1.64. The first kappa shape index (κ1) is 14.9. The van der Waals surface area contributed by atoms with E-state index < -0.39 is 11.9 Å². The molecule has 1 aliphatic heterocycles. The lowest BCUT2D eigenvalue weighted by molar-refractivity contribution is -0.138. The van der Waals surface area contributed by atoms with Crippen LogP contribution in [0.4, 0.5) is 0 Å². The molecule has 116 valence electrons. The van der Waals surface area contributed by atoms with E-state index in [0.717, 1.165) is 18.4 Å². The van der Waals surface area contributed by atoms with Gasteiger partial charge in [0.25, 0.3) is 5.22 Å². The zero-order valence-corrected chi connectivity index (χ0v) is 12.8. The van der Waals surface area contributed by atoms with Crippen LogP contribution in [0.1, 0.15) is 19.3 Å². The first-order chi connectivity index (χ1) is 10.6. The Bertz CT molecular complexity index is 667. The Morgan fingerprint density at radius 1 is 1.36 bits per heavy atom. The highest BCUT2D eigenvalue weighted by Gasteiger charge is 2.30. The fourth-order valence-corrected chi connectivity index (χ4v) is 3.37. The normalized spacial score (nSPS) is 18.5. The summed E-state index contributed by atoms with van der Waals surface area (Å²) in [4.78, 5) is 29.7. The molecular weight excluding hydrogens is 302 g/mol. The number of rotatable bonds is 4. The first-order valence-electron chi connectivity index (χ1n) is 7.22. The summed E-state index contributed by atoms with van der Waals surface area (Å²) in [7, 11) is 0. The van der Waals surface area contributed by atoms with Crippen molar-refractivity contribution in [2.24, 2.45) is 5.73 Å². The Labute approximate surface area is 132 Å². The molecule has 1 atom stereocenters. The summed E-state index contributed by atoms with van der Waals surface area (Å²) in [5, 5.41) is 0.460. The van der Waals surface area contributed by atoms with Crippen LogP contribution in [0.3, 0.4) is 0 Å². The van der Waals surface area contributed by atoms with Gasteiger partial charge in [0.1, 0.15) is 11.6 Å². The quantitative estimate of drug-likeness (QED) is 0.868. The summed E-state index contributed by atoms with van der Waals surface area (Å²) in [6.07, 6.45) is 2.48. The number of para-hydroxylation sites is 2. The van der Waals surface area contributed by atoms with Gasteiger partial charge in [0.2, 0.25) is 11.8 Å². The van der Waals surface area contributed by atoms with Crippen molar-refractivity contribution >= 4 is 34.7 Å². The minimum absolute atomic E-state index is 0.101. The van der Waals surface area contributed by atoms with Crippen LogP contribution in [-0.4, -0.2) is 40.0 Å². The number of fused-ring (bicyclic) bond motifs is 1. The molecule has 2 aromatic rings. The predicted octanol–water partition coefficient (Wildman–Crippen LogP) is 1.79. The summed E-state index contributed by atoms with van der Waals surface area (Å²) in [6.45, 7) is 0.584. The number of hydrogen-bond donors (Lipinski definition) is 1. The first-order valence-corrected chi connectivity index (χ1v) is 8.21. The van der Waals surface area contributed by atoms with Crippen molar-refractivity contribution in [3.05, 3.63) is 24.3 Å². The van der Waals surface area contributed by atoms with E-state index >= 15 is 0 Å². The second-order valence-electron chi connectivity index (χ2n) is 5.24. The van der Waals surface area contributed by atoms with E-state index in [1.165, 1.54) is 11.8 Å². The number of amides is 2. The maximum Gasteiger partial charge on any atom is 0.257 e. The third-order valence-corrected chi connectivity index (χ3v) is 4.56. The second-order valence-corrected chi connectivity index (χ2v) is 6.16. The van der Waals surface area contributed by atoms with Crippen LogP contribution in [0, 0.1) is 0 Å². The number of nitrogens with two attached hydrogens (primary N) is 1. The number of oxazole rings is 1. The fourth-order valence-electron chi connectivity index (χ4n) is 2.65. The molecular formula is C15H17N3O3S. The summed E-state index contributed by atoms with van der Waals surface area (Å²) in [5.41, 5.74) is 6.85. The van der Waals surface area contributed by atoms with Crippen LogP contribution < -0.4 is 5.73 Å². The Morgan fingerprint density at radius 2 is 2.18 bits per heavy atom. The smallest absolute Gasteiger partial charge is 0.257 e. The van der Waals surface area contributed by atoms with Crippen molar-refractivity contribution in [1.29, 1.82) is 0 Å². The van der Waals surface area contributed by atoms with Gasteiger partial charge in [-0.1, -0.05) is 23.9 Å². The van der Waals surface area contributed by atoms with Crippen molar-refractivity contribution in [1.82, 2.24) is 9.88 Å². The minimum atomic E-state index is -0.481. The minimum Gasteiger partial charge on any atom is -0.431 e. The van der Waals surface area contributed by atoms with Gasteiger partial charge in [0.05, 0.1) is 5.75 Å². The average molecular weight is 319 g/mol. The summed E-state index contributed by atoms with van der Waals surface area (Å²) in [5.74, 6) is -0.341. The maximum atomic E-state index is 12.3. The molecule has 0 unspecified atom stereocenters. The highest BCUT2D eigenvalue weighted by atomic mass is 32.2. The number of nitrogens with zero attached hydrogens (tertiary/aromatic N) is 2. The molecule has 0 bridgehead atoms.